The molecule has 0 spiro atoms. The smallest absolute Gasteiger partial charge is 0.339 e. The van der Waals surface area contributed by atoms with Gasteiger partial charge in [0.1, 0.15) is 0 Å². The van der Waals surface area contributed by atoms with E-state index in [0.29, 0.717) is 23.6 Å². The molecule has 0 fully saturated rings. The number of aromatic nitrogens is 1. The molecular formula is C30H23ClN2O3. The van der Waals surface area contributed by atoms with Crippen molar-refractivity contribution in [2.75, 3.05) is 18.1 Å². The molecule has 178 valence electrons. The van der Waals surface area contributed by atoms with E-state index in [1.54, 1.807) is 4.90 Å². The number of ether oxygens (including phenoxy) is 1. The molecule has 5 nitrogen and oxygen atoms in total. The highest BCUT2D eigenvalue weighted by Crippen LogP contribution is 2.38. The SMILES string of the molecule is O=C(OCC(=O)N1CCc2ccccc21)c1c2c(nc3ccccc13)C(=Cc1ccc(Cl)cc1)CC2. The number of hydrogen-bond donors (Lipinski definition) is 0. The van der Waals surface area contributed by atoms with Crippen molar-refractivity contribution in [1.29, 1.82) is 0 Å². The standard InChI is InChI=1S/C30H23ClN2O3/c31-22-12-9-19(10-13-22)17-21-11-14-24-28(23-6-2-3-7-25(23)32-29(21)24)30(35)36-18-27(34)33-16-15-20-5-1-4-8-26(20)33/h1-10,12-13,17H,11,14-16,18H2. The predicted molar refractivity (Wildman–Crippen MR) is 142 cm³/mol. The van der Waals surface area contributed by atoms with E-state index >= 15 is 0 Å². The number of nitrogens with zero attached hydrogens (tertiary/aromatic N) is 2. The molecule has 4 aromatic rings. The van der Waals surface area contributed by atoms with E-state index in [1.807, 2.05) is 72.8 Å². The van der Waals surface area contributed by atoms with Crippen LogP contribution < -0.4 is 4.90 Å². The van der Waals surface area contributed by atoms with Gasteiger partial charge in [-0.05, 0) is 71.9 Å². The average Bonchev–Trinajstić information content (AvgIpc) is 3.51. The fourth-order valence-electron chi connectivity index (χ4n) is 5.15. The number of pyridine rings is 1. The first-order chi connectivity index (χ1) is 17.6. The first-order valence-electron chi connectivity index (χ1n) is 12.0. The topological polar surface area (TPSA) is 59.5 Å². The zero-order valence-electron chi connectivity index (χ0n) is 19.5. The van der Waals surface area contributed by atoms with Gasteiger partial charge in [0, 0.05) is 22.6 Å². The number of benzene rings is 3. The van der Waals surface area contributed by atoms with Crippen LogP contribution in [0.1, 0.15) is 39.2 Å². The van der Waals surface area contributed by atoms with Crippen molar-refractivity contribution in [3.8, 4) is 0 Å². The molecule has 6 rings (SSSR count). The van der Waals surface area contributed by atoms with Crippen molar-refractivity contribution in [2.24, 2.45) is 0 Å². The maximum atomic E-state index is 13.4. The monoisotopic (exact) mass is 494 g/mol. The van der Waals surface area contributed by atoms with Gasteiger partial charge in [-0.25, -0.2) is 9.78 Å². The molecule has 0 bridgehead atoms. The first-order valence-corrected chi connectivity index (χ1v) is 12.4. The average molecular weight is 495 g/mol. The number of carbonyl (C=O) groups excluding carboxylic acids is 2. The van der Waals surface area contributed by atoms with E-state index in [2.05, 4.69) is 6.08 Å². The van der Waals surface area contributed by atoms with Crippen LogP contribution in [0.4, 0.5) is 5.69 Å². The Morgan fingerprint density at radius 2 is 1.72 bits per heavy atom. The second kappa shape index (κ2) is 9.25. The fraction of sp³-hybridized carbons (Fsp3) is 0.167. The summed E-state index contributed by atoms with van der Waals surface area (Å²) < 4.78 is 5.63. The van der Waals surface area contributed by atoms with E-state index in [-0.39, 0.29) is 12.5 Å². The predicted octanol–water partition coefficient (Wildman–Crippen LogP) is 6.12. The Morgan fingerprint density at radius 3 is 2.58 bits per heavy atom. The molecule has 1 amide bonds. The fourth-order valence-corrected chi connectivity index (χ4v) is 5.27. The van der Waals surface area contributed by atoms with Crippen molar-refractivity contribution in [3.05, 3.63) is 106 Å². The van der Waals surface area contributed by atoms with Crippen LogP contribution in [0.5, 0.6) is 0 Å². The molecule has 1 aliphatic heterocycles. The molecule has 0 unspecified atom stereocenters. The molecule has 2 aliphatic rings. The summed E-state index contributed by atoms with van der Waals surface area (Å²) in [5.74, 6) is -0.704. The summed E-state index contributed by atoms with van der Waals surface area (Å²) in [5.41, 5.74) is 7.04. The van der Waals surface area contributed by atoms with Crippen LogP contribution in [0.15, 0.2) is 72.8 Å². The Balaban J connectivity index is 1.31. The third-order valence-corrected chi connectivity index (χ3v) is 7.12. The Kier molecular flexibility index (Phi) is 5.78. The van der Waals surface area contributed by atoms with Crippen molar-refractivity contribution in [2.45, 2.75) is 19.3 Å². The molecule has 36 heavy (non-hydrogen) atoms. The van der Waals surface area contributed by atoms with Gasteiger partial charge in [-0.1, -0.05) is 60.1 Å². The van der Waals surface area contributed by atoms with Gasteiger partial charge in [0.05, 0.1) is 16.8 Å². The summed E-state index contributed by atoms with van der Waals surface area (Å²) in [6.45, 7) is 0.300. The maximum absolute atomic E-state index is 13.4. The van der Waals surface area contributed by atoms with E-state index in [4.69, 9.17) is 21.3 Å². The number of amides is 1. The lowest BCUT2D eigenvalue weighted by Crippen LogP contribution is -2.33. The van der Waals surface area contributed by atoms with E-state index < -0.39 is 5.97 Å². The molecule has 0 atom stereocenters. The number of fused-ring (bicyclic) bond motifs is 3. The number of allylic oxidation sites excluding steroid dienone is 1. The van der Waals surface area contributed by atoms with Gasteiger partial charge in [0.15, 0.2) is 6.61 Å². The lowest BCUT2D eigenvalue weighted by molar-refractivity contribution is -0.121. The summed E-state index contributed by atoms with van der Waals surface area (Å²) in [6.07, 6.45) is 4.35. The van der Waals surface area contributed by atoms with Crippen molar-refractivity contribution >= 4 is 51.7 Å². The molecule has 1 aromatic heterocycles. The van der Waals surface area contributed by atoms with Crippen LogP contribution in [0, 0.1) is 0 Å². The van der Waals surface area contributed by atoms with Crippen molar-refractivity contribution in [3.63, 3.8) is 0 Å². The van der Waals surface area contributed by atoms with Gasteiger partial charge in [-0.2, -0.15) is 0 Å². The van der Waals surface area contributed by atoms with Crippen LogP contribution >= 0.6 is 11.6 Å². The van der Waals surface area contributed by atoms with Gasteiger partial charge >= 0.3 is 5.97 Å². The number of halogens is 1. The van der Waals surface area contributed by atoms with Gasteiger partial charge in [0.2, 0.25) is 0 Å². The van der Waals surface area contributed by atoms with Gasteiger partial charge < -0.3 is 9.64 Å². The van der Waals surface area contributed by atoms with Crippen LogP contribution in [0.25, 0.3) is 22.6 Å². The Bertz CT molecular complexity index is 1540. The lowest BCUT2D eigenvalue weighted by atomic mass is 10.0. The Morgan fingerprint density at radius 1 is 0.944 bits per heavy atom. The van der Waals surface area contributed by atoms with Gasteiger partial charge in [-0.3, -0.25) is 4.79 Å². The number of carbonyl (C=O) groups is 2. The van der Waals surface area contributed by atoms with Crippen molar-refractivity contribution < 1.29 is 14.3 Å². The lowest BCUT2D eigenvalue weighted by Gasteiger charge is -2.18. The first kappa shape index (κ1) is 22.5. The summed E-state index contributed by atoms with van der Waals surface area (Å²) in [7, 11) is 0. The zero-order chi connectivity index (χ0) is 24.6. The molecule has 0 saturated carbocycles. The van der Waals surface area contributed by atoms with Crippen LogP contribution in [0.2, 0.25) is 5.02 Å². The summed E-state index contributed by atoms with van der Waals surface area (Å²) >= 11 is 6.04. The number of anilines is 1. The Hall–Kier alpha value is -3.96. The summed E-state index contributed by atoms with van der Waals surface area (Å²) in [6, 6.07) is 23.1. The van der Waals surface area contributed by atoms with E-state index in [0.717, 1.165) is 57.4 Å². The minimum Gasteiger partial charge on any atom is -0.452 e. The zero-order valence-corrected chi connectivity index (χ0v) is 20.3. The van der Waals surface area contributed by atoms with Crippen LogP contribution in [-0.4, -0.2) is 30.0 Å². The molecule has 0 saturated heterocycles. The number of rotatable bonds is 4. The number of para-hydroxylation sites is 2. The quantitative estimate of drug-likeness (QED) is 0.321. The second-order valence-corrected chi connectivity index (χ2v) is 9.49. The minimum absolute atomic E-state index is 0.216. The molecule has 0 radical (unpaired) electrons. The highest BCUT2D eigenvalue weighted by atomic mass is 35.5. The minimum atomic E-state index is -0.488. The molecular weight excluding hydrogens is 472 g/mol. The highest BCUT2D eigenvalue weighted by molar-refractivity contribution is 6.30. The largest absolute Gasteiger partial charge is 0.452 e. The van der Waals surface area contributed by atoms with Crippen molar-refractivity contribution in [1.82, 2.24) is 4.98 Å². The molecule has 3 aromatic carbocycles. The second-order valence-electron chi connectivity index (χ2n) is 9.05. The van der Waals surface area contributed by atoms with Crippen LogP contribution in [0.3, 0.4) is 0 Å². The summed E-state index contributed by atoms with van der Waals surface area (Å²) in [4.78, 5) is 33.0. The third-order valence-electron chi connectivity index (χ3n) is 6.87. The number of hydrogen-bond acceptors (Lipinski definition) is 4. The normalized spacial score (nSPS) is 15.2. The van der Waals surface area contributed by atoms with Gasteiger partial charge in [-0.15, -0.1) is 0 Å². The highest BCUT2D eigenvalue weighted by Gasteiger charge is 2.29. The summed E-state index contributed by atoms with van der Waals surface area (Å²) in [5, 5.41) is 1.43. The Labute approximate surface area is 214 Å². The third kappa shape index (κ3) is 4.06. The van der Waals surface area contributed by atoms with E-state index in [1.165, 1.54) is 0 Å². The molecule has 6 heteroatoms. The molecule has 1 aliphatic carbocycles. The van der Waals surface area contributed by atoms with E-state index in [9.17, 15) is 9.59 Å². The maximum Gasteiger partial charge on any atom is 0.339 e. The molecule has 0 N–H and O–H groups in total. The van der Waals surface area contributed by atoms with Gasteiger partial charge in [0.25, 0.3) is 5.91 Å². The van der Waals surface area contributed by atoms with Crippen LogP contribution in [-0.2, 0) is 22.4 Å². The molecule has 2 heterocycles. The number of esters is 1.